The van der Waals surface area contributed by atoms with E-state index in [0.717, 1.165) is 19.4 Å². The van der Waals surface area contributed by atoms with Crippen molar-refractivity contribution in [2.45, 2.75) is 39.3 Å². The molecule has 18 heavy (non-hydrogen) atoms. The summed E-state index contributed by atoms with van der Waals surface area (Å²) in [4.78, 5) is 14.1. The molecule has 3 heteroatoms. The number of nitrogens with zero attached hydrogens (tertiary/aromatic N) is 1. The van der Waals surface area contributed by atoms with Gasteiger partial charge in [0, 0.05) is 12.6 Å². The first-order valence-corrected chi connectivity index (χ1v) is 6.62. The second kappa shape index (κ2) is 5.53. The summed E-state index contributed by atoms with van der Waals surface area (Å²) in [5, 5.41) is 2.95. The van der Waals surface area contributed by atoms with Gasteiger partial charge < -0.3 is 10.2 Å². The highest BCUT2D eigenvalue weighted by Crippen LogP contribution is 2.28. The van der Waals surface area contributed by atoms with Gasteiger partial charge in [-0.15, -0.1) is 0 Å². The van der Waals surface area contributed by atoms with Crippen LogP contribution >= 0.6 is 0 Å². The molecule has 0 unspecified atom stereocenters. The van der Waals surface area contributed by atoms with Gasteiger partial charge in [-0.3, -0.25) is 4.79 Å². The summed E-state index contributed by atoms with van der Waals surface area (Å²) in [7, 11) is 1.82. The number of hydrogen-bond acceptors (Lipinski definition) is 2. The quantitative estimate of drug-likeness (QED) is 0.862. The maximum atomic E-state index is 12.0. The maximum Gasteiger partial charge on any atom is 0.237 e. The van der Waals surface area contributed by atoms with Crippen molar-refractivity contribution in [1.82, 2.24) is 10.2 Å². The fourth-order valence-electron chi connectivity index (χ4n) is 2.16. The van der Waals surface area contributed by atoms with E-state index in [9.17, 15) is 4.79 Å². The van der Waals surface area contributed by atoms with E-state index in [1.807, 2.05) is 11.9 Å². The molecule has 1 saturated carbocycles. The SMILES string of the molecule is CNCC(=O)N(Cc1ccc(C)c(C)c1)C1CC1. The van der Waals surface area contributed by atoms with E-state index in [-0.39, 0.29) is 5.91 Å². The number of carbonyl (C=O) groups is 1. The van der Waals surface area contributed by atoms with Crippen LogP contribution in [0.4, 0.5) is 0 Å². The summed E-state index contributed by atoms with van der Waals surface area (Å²) in [6.07, 6.45) is 2.31. The Labute approximate surface area is 109 Å². The van der Waals surface area contributed by atoms with Crippen molar-refractivity contribution >= 4 is 5.91 Å². The Bertz CT molecular complexity index is 438. The van der Waals surface area contributed by atoms with Crippen LogP contribution in [0.25, 0.3) is 0 Å². The zero-order valence-electron chi connectivity index (χ0n) is 11.5. The molecule has 98 valence electrons. The first kappa shape index (κ1) is 13.1. The maximum absolute atomic E-state index is 12.0. The molecule has 1 N–H and O–H groups in total. The Kier molecular flexibility index (Phi) is 4.02. The third kappa shape index (κ3) is 3.10. The van der Waals surface area contributed by atoms with E-state index >= 15 is 0 Å². The van der Waals surface area contributed by atoms with Crippen LogP contribution in [0.2, 0.25) is 0 Å². The Morgan fingerprint density at radius 1 is 1.33 bits per heavy atom. The monoisotopic (exact) mass is 246 g/mol. The van der Waals surface area contributed by atoms with E-state index in [1.165, 1.54) is 16.7 Å². The third-order valence-electron chi connectivity index (χ3n) is 3.56. The Morgan fingerprint density at radius 3 is 2.61 bits per heavy atom. The average molecular weight is 246 g/mol. The lowest BCUT2D eigenvalue weighted by Crippen LogP contribution is -2.38. The van der Waals surface area contributed by atoms with Gasteiger partial charge in [-0.05, 0) is 50.4 Å². The molecule has 1 aliphatic carbocycles. The number of hydrogen-bond donors (Lipinski definition) is 1. The van der Waals surface area contributed by atoms with Crippen LogP contribution in [0.1, 0.15) is 29.5 Å². The van der Waals surface area contributed by atoms with Crippen molar-refractivity contribution in [1.29, 1.82) is 0 Å². The van der Waals surface area contributed by atoms with E-state index < -0.39 is 0 Å². The largest absolute Gasteiger partial charge is 0.334 e. The van der Waals surface area contributed by atoms with Gasteiger partial charge in [0.15, 0.2) is 0 Å². The third-order valence-corrected chi connectivity index (χ3v) is 3.56. The lowest BCUT2D eigenvalue weighted by atomic mass is 10.1. The van der Waals surface area contributed by atoms with Crippen molar-refractivity contribution in [3.8, 4) is 0 Å². The molecular formula is C15H22N2O. The molecule has 0 saturated heterocycles. The van der Waals surface area contributed by atoms with E-state index in [2.05, 4.69) is 37.4 Å². The van der Waals surface area contributed by atoms with Crippen LogP contribution in [-0.4, -0.2) is 30.4 Å². The van der Waals surface area contributed by atoms with Crippen molar-refractivity contribution in [2.75, 3.05) is 13.6 Å². The minimum atomic E-state index is 0.207. The molecule has 0 aromatic heterocycles. The van der Waals surface area contributed by atoms with Gasteiger partial charge in [-0.25, -0.2) is 0 Å². The van der Waals surface area contributed by atoms with E-state index in [1.54, 1.807) is 0 Å². The average Bonchev–Trinajstić information content (AvgIpc) is 3.15. The highest BCUT2D eigenvalue weighted by molar-refractivity contribution is 5.78. The molecule has 1 aromatic rings. The van der Waals surface area contributed by atoms with E-state index in [0.29, 0.717) is 12.6 Å². The van der Waals surface area contributed by atoms with Crippen LogP contribution in [-0.2, 0) is 11.3 Å². The molecule has 3 nitrogen and oxygen atoms in total. The van der Waals surface area contributed by atoms with Crippen molar-refractivity contribution in [3.05, 3.63) is 34.9 Å². The molecule has 1 amide bonds. The highest BCUT2D eigenvalue weighted by Gasteiger charge is 2.31. The van der Waals surface area contributed by atoms with Gasteiger partial charge in [0.1, 0.15) is 0 Å². The molecule has 0 heterocycles. The van der Waals surface area contributed by atoms with Gasteiger partial charge in [0.25, 0.3) is 0 Å². The molecule has 1 aliphatic rings. The number of aryl methyl sites for hydroxylation is 2. The first-order valence-electron chi connectivity index (χ1n) is 6.62. The van der Waals surface area contributed by atoms with E-state index in [4.69, 9.17) is 0 Å². The van der Waals surface area contributed by atoms with Crippen molar-refractivity contribution < 1.29 is 4.79 Å². The summed E-state index contributed by atoms with van der Waals surface area (Å²) in [6.45, 7) is 5.41. The topological polar surface area (TPSA) is 32.3 Å². The molecular weight excluding hydrogens is 224 g/mol. The van der Waals surface area contributed by atoms with Crippen LogP contribution in [0, 0.1) is 13.8 Å². The molecule has 0 bridgehead atoms. The molecule has 1 fully saturated rings. The van der Waals surface area contributed by atoms with Crippen LogP contribution < -0.4 is 5.32 Å². The van der Waals surface area contributed by atoms with Crippen LogP contribution in [0.3, 0.4) is 0 Å². The molecule has 2 rings (SSSR count). The normalized spacial score (nSPS) is 14.6. The molecule has 0 radical (unpaired) electrons. The minimum absolute atomic E-state index is 0.207. The summed E-state index contributed by atoms with van der Waals surface area (Å²) in [6, 6.07) is 6.92. The second-order valence-electron chi connectivity index (χ2n) is 5.20. The number of likely N-dealkylation sites (N-methyl/N-ethyl adjacent to an activating group) is 1. The number of amides is 1. The predicted octanol–water partition coefficient (Wildman–Crippen LogP) is 2.01. The Balaban J connectivity index is 2.08. The first-order chi connectivity index (χ1) is 8.61. The van der Waals surface area contributed by atoms with Gasteiger partial charge in [0.05, 0.1) is 6.54 Å². The number of rotatable bonds is 5. The molecule has 0 atom stereocenters. The van der Waals surface area contributed by atoms with Gasteiger partial charge in [-0.2, -0.15) is 0 Å². The summed E-state index contributed by atoms with van der Waals surface area (Å²) in [5.74, 6) is 0.207. The second-order valence-corrected chi connectivity index (χ2v) is 5.20. The molecule has 0 spiro atoms. The fourth-order valence-corrected chi connectivity index (χ4v) is 2.16. The van der Waals surface area contributed by atoms with Gasteiger partial charge in [0.2, 0.25) is 5.91 Å². The highest BCUT2D eigenvalue weighted by atomic mass is 16.2. The molecule has 0 aliphatic heterocycles. The summed E-state index contributed by atoms with van der Waals surface area (Å²) in [5.41, 5.74) is 3.83. The van der Waals surface area contributed by atoms with Crippen molar-refractivity contribution in [3.63, 3.8) is 0 Å². The van der Waals surface area contributed by atoms with Gasteiger partial charge in [-0.1, -0.05) is 18.2 Å². The molecule has 1 aromatic carbocycles. The Morgan fingerprint density at radius 2 is 2.06 bits per heavy atom. The lowest BCUT2D eigenvalue weighted by molar-refractivity contribution is -0.131. The zero-order chi connectivity index (χ0) is 13.1. The number of carbonyl (C=O) groups excluding carboxylic acids is 1. The van der Waals surface area contributed by atoms with Crippen molar-refractivity contribution in [2.24, 2.45) is 0 Å². The predicted molar refractivity (Wildman–Crippen MR) is 73.4 cm³/mol. The number of nitrogens with one attached hydrogen (secondary N) is 1. The number of benzene rings is 1. The smallest absolute Gasteiger partial charge is 0.237 e. The van der Waals surface area contributed by atoms with Crippen LogP contribution in [0.15, 0.2) is 18.2 Å². The lowest BCUT2D eigenvalue weighted by Gasteiger charge is -2.23. The fraction of sp³-hybridized carbons (Fsp3) is 0.533. The Hall–Kier alpha value is -1.35. The van der Waals surface area contributed by atoms with Crippen LogP contribution in [0.5, 0.6) is 0 Å². The summed E-state index contributed by atoms with van der Waals surface area (Å²) < 4.78 is 0. The zero-order valence-corrected chi connectivity index (χ0v) is 11.5. The van der Waals surface area contributed by atoms with Gasteiger partial charge >= 0.3 is 0 Å². The summed E-state index contributed by atoms with van der Waals surface area (Å²) >= 11 is 0. The minimum Gasteiger partial charge on any atom is -0.334 e. The standard InChI is InChI=1S/C15H22N2O/c1-11-4-5-13(8-12(11)2)10-17(14-6-7-14)15(18)9-16-3/h4-5,8,14,16H,6-7,9-10H2,1-3H3.